The molecule has 29 heavy (non-hydrogen) atoms. The molecule has 1 saturated heterocycles. The lowest BCUT2D eigenvalue weighted by Gasteiger charge is -2.35. The van der Waals surface area contributed by atoms with E-state index in [1.807, 2.05) is 24.3 Å². The van der Waals surface area contributed by atoms with E-state index in [2.05, 4.69) is 10.2 Å². The van der Waals surface area contributed by atoms with E-state index in [0.717, 1.165) is 24.4 Å². The van der Waals surface area contributed by atoms with Gasteiger partial charge in [-0.05, 0) is 29.8 Å². The van der Waals surface area contributed by atoms with Crippen LogP contribution < -0.4 is 14.8 Å². The highest BCUT2D eigenvalue weighted by Crippen LogP contribution is 2.27. The molecule has 1 fully saturated rings. The first-order valence-corrected chi connectivity index (χ1v) is 10.1. The van der Waals surface area contributed by atoms with Crippen LogP contribution in [-0.4, -0.2) is 57.4 Å². The summed E-state index contributed by atoms with van der Waals surface area (Å²) in [6.45, 7) is 3.28. The number of hydrogen-bond donors (Lipinski definition) is 1. The molecule has 0 aromatic heterocycles. The molecule has 1 aliphatic heterocycles. The largest absolute Gasteiger partial charge is 0.497 e. The van der Waals surface area contributed by atoms with E-state index < -0.39 is 0 Å². The monoisotopic (exact) mass is 438 g/mol. The summed E-state index contributed by atoms with van der Waals surface area (Å²) in [6, 6.07) is 12.8. The Kier molecular flexibility index (Phi) is 8.00. The molecule has 0 bridgehead atoms. The first-order valence-electron chi connectivity index (χ1n) is 9.37. The van der Waals surface area contributed by atoms with Gasteiger partial charge in [0.25, 0.3) is 5.91 Å². The molecule has 0 radical (unpaired) electrons. The third-order valence-corrected chi connectivity index (χ3v) is 5.28. The maximum Gasteiger partial charge on any atom is 0.258 e. The standard InChI is InChI=1S/C21H24Cl2N2O4/c1-27-17-5-2-15(3-6-17)19(25-8-10-28-11-9-25)13-24-21(26)14-29-20-12-16(22)4-7-18(20)23/h2-7,12,19H,8-11,13-14H2,1H3,(H,24,26)/t19-/m0/s1. The van der Waals surface area contributed by atoms with Crippen molar-refractivity contribution in [2.45, 2.75) is 6.04 Å². The smallest absolute Gasteiger partial charge is 0.258 e. The van der Waals surface area contributed by atoms with Gasteiger partial charge in [0.2, 0.25) is 0 Å². The number of morpholine rings is 1. The van der Waals surface area contributed by atoms with Crippen molar-refractivity contribution in [2.24, 2.45) is 0 Å². The van der Waals surface area contributed by atoms with Crippen molar-refractivity contribution in [3.05, 3.63) is 58.1 Å². The van der Waals surface area contributed by atoms with Crippen LogP contribution >= 0.6 is 23.2 Å². The Bertz CT molecular complexity index is 811. The second-order valence-electron chi connectivity index (χ2n) is 6.60. The predicted octanol–water partition coefficient (Wildman–Crippen LogP) is 3.57. The minimum Gasteiger partial charge on any atom is -0.497 e. The SMILES string of the molecule is COc1ccc([C@H](CNC(=O)COc2cc(Cl)ccc2Cl)N2CCOCC2)cc1. The highest BCUT2D eigenvalue weighted by Gasteiger charge is 2.23. The van der Waals surface area contributed by atoms with E-state index in [4.69, 9.17) is 37.4 Å². The molecule has 1 heterocycles. The lowest BCUT2D eigenvalue weighted by Crippen LogP contribution is -2.44. The minimum absolute atomic E-state index is 0.0310. The van der Waals surface area contributed by atoms with Crippen LogP contribution in [0.15, 0.2) is 42.5 Å². The number of methoxy groups -OCH3 is 1. The molecule has 0 saturated carbocycles. The van der Waals surface area contributed by atoms with Gasteiger partial charge in [-0.25, -0.2) is 0 Å². The summed E-state index contributed by atoms with van der Waals surface area (Å²) in [5.74, 6) is 0.951. The summed E-state index contributed by atoms with van der Waals surface area (Å²) in [6.07, 6.45) is 0. The Hall–Kier alpha value is -1.99. The quantitative estimate of drug-likeness (QED) is 0.682. The van der Waals surface area contributed by atoms with Crippen LogP contribution in [0.4, 0.5) is 0 Å². The molecule has 1 amide bonds. The van der Waals surface area contributed by atoms with Crippen LogP contribution in [0.2, 0.25) is 10.0 Å². The minimum atomic E-state index is -0.229. The molecular formula is C21H24Cl2N2O4. The second kappa shape index (κ2) is 10.7. The summed E-state index contributed by atoms with van der Waals surface area (Å²) in [5.41, 5.74) is 1.10. The Labute approximate surface area is 180 Å². The van der Waals surface area contributed by atoms with Gasteiger partial charge in [-0.2, -0.15) is 0 Å². The molecule has 0 unspecified atom stereocenters. The number of halogens is 2. The predicted molar refractivity (Wildman–Crippen MR) is 113 cm³/mol. The van der Waals surface area contributed by atoms with Gasteiger partial charge in [0, 0.05) is 30.7 Å². The molecule has 8 heteroatoms. The average Bonchev–Trinajstić information content (AvgIpc) is 2.75. The fourth-order valence-corrected chi connectivity index (χ4v) is 3.50. The number of rotatable bonds is 8. The molecule has 2 aromatic carbocycles. The Morgan fingerprint density at radius 1 is 1.17 bits per heavy atom. The first kappa shape index (κ1) is 21.7. The van der Waals surface area contributed by atoms with Crippen molar-refractivity contribution in [3.63, 3.8) is 0 Å². The van der Waals surface area contributed by atoms with Crippen molar-refractivity contribution in [1.82, 2.24) is 10.2 Å². The fourth-order valence-electron chi connectivity index (χ4n) is 3.17. The molecule has 156 valence electrons. The molecule has 1 N–H and O–H groups in total. The summed E-state index contributed by atoms with van der Waals surface area (Å²) in [7, 11) is 1.64. The highest BCUT2D eigenvalue weighted by atomic mass is 35.5. The normalized spacial score (nSPS) is 15.6. The summed E-state index contributed by atoms with van der Waals surface area (Å²) in [5, 5.41) is 3.86. The fraction of sp³-hybridized carbons (Fsp3) is 0.381. The third-order valence-electron chi connectivity index (χ3n) is 4.73. The van der Waals surface area contributed by atoms with E-state index in [1.165, 1.54) is 0 Å². The number of carbonyl (C=O) groups is 1. The maximum absolute atomic E-state index is 12.4. The van der Waals surface area contributed by atoms with Gasteiger partial charge in [-0.1, -0.05) is 35.3 Å². The zero-order valence-electron chi connectivity index (χ0n) is 16.2. The molecule has 0 aliphatic carbocycles. The number of benzene rings is 2. The lowest BCUT2D eigenvalue weighted by molar-refractivity contribution is -0.123. The maximum atomic E-state index is 12.4. The van der Waals surface area contributed by atoms with Crippen LogP contribution in [0.25, 0.3) is 0 Å². The number of ether oxygens (including phenoxy) is 3. The average molecular weight is 439 g/mol. The molecule has 3 rings (SSSR count). The van der Waals surface area contributed by atoms with Gasteiger partial charge in [0.05, 0.1) is 31.4 Å². The number of nitrogens with one attached hydrogen (secondary N) is 1. The summed E-state index contributed by atoms with van der Waals surface area (Å²) in [4.78, 5) is 14.7. The van der Waals surface area contributed by atoms with Gasteiger partial charge >= 0.3 is 0 Å². The van der Waals surface area contributed by atoms with Gasteiger partial charge in [0.15, 0.2) is 6.61 Å². The molecule has 0 spiro atoms. The van der Waals surface area contributed by atoms with E-state index >= 15 is 0 Å². The van der Waals surface area contributed by atoms with Crippen LogP contribution in [0.5, 0.6) is 11.5 Å². The Morgan fingerprint density at radius 2 is 1.90 bits per heavy atom. The van der Waals surface area contributed by atoms with E-state index in [1.54, 1.807) is 25.3 Å². The Balaban J connectivity index is 1.61. The van der Waals surface area contributed by atoms with E-state index in [-0.39, 0.29) is 18.6 Å². The number of carbonyl (C=O) groups excluding carboxylic acids is 1. The highest BCUT2D eigenvalue weighted by molar-refractivity contribution is 6.34. The molecular weight excluding hydrogens is 415 g/mol. The van der Waals surface area contributed by atoms with E-state index in [9.17, 15) is 4.79 Å². The topological polar surface area (TPSA) is 60.0 Å². The van der Waals surface area contributed by atoms with Crippen LogP contribution in [0.3, 0.4) is 0 Å². The molecule has 2 aromatic rings. The number of amides is 1. The lowest BCUT2D eigenvalue weighted by atomic mass is 10.0. The van der Waals surface area contributed by atoms with Gasteiger partial charge in [-0.15, -0.1) is 0 Å². The molecule has 1 aliphatic rings. The zero-order valence-corrected chi connectivity index (χ0v) is 17.7. The second-order valence-corrected chi connectivity index (χ2v) is 7.45. The Morgan fingerprint density at radius 3 is 2.59 bits per heavy atom. The van der Waals surface area contributed by atoms with Gasteiger partial charge in [-0.3, -0.25) is 9.69 Å². The summed E-state index contributed by atoms with van der Waals surface area (Å²) >= 11 is 12.0. The summed E-state index contributed by atoms with van der Waals surface area (Å²) < 4.78 is 16.2. The van der Waals surface area contributed by atoms with Crippen LogP contribution in [-0.2, 0) is 9.53 Å². The van der Waals surface area contributed by atoms with Crippen LogP contribution in [0.1, 0.15) is 11.6 Å². The van der Waals surface area contributed by atoms with Crippen molar-refractivity contribution in [1.29, 1.82) is 0 Å². The number of hydrogen-bond acceptors (Lipinski definition) is 5. The molecule has 1 atom stereocenters. The van der Waals surface area contributed by atoms with E-state index in [0.29, 0.717) is 35.6 Å². The van der Waals surface area contributed by atoms with Crippen molar-refractivity contribution in [2.75, 3.05) is 46.6 Å². The number of nitrogens with zero attached hydrogens (tertiary/aromatic N) is 1. The van der Waals surface area contributed by atoms with Crippen molar-refractivity contribution < 1.29 is 19.0 Å². The molecule has 6 nitrogen and oxygen atoms in total. The first-order chi connectivity index (χ1) is 14.1. The van der Waals surface area contributed by atoms with Crippen LogP contribution in [0, 0.1) is 0 Å². The van der Waals surface area contributed by atoms with Crippen molar-refractivity contribution in [3.8, 4) is 11.5 Å². The van der Waals surface area contributed by atoms with Crippen molar-refractivity contribution >= 4 is 29.1 Å². The van der Waals surface area contributed by atoms with Gasteiger partial charge in [0.1, 0.15) is 11.5 Å². The van der Waals surface area contributed by atoms with Gasteiger partial charge < -0.3 is 19.5 Å². The third kappa shape index (κ3) is 6.24. The zero-order chi connectivity index (χ0) is 20.6.